The first kappa shape index (κ1) is 13.6. The number of carbonyl (C=O) groups is 1. The normalized spacial score (nSPS) is 15.5. The van der Waals surface area contributed by atoms with Gasteiger partial charge in [0.25, 0.3) is 0 Å². The van der Waals surface area contributed by atoms with Crippen LogP contribution in [0.2, 0.25) is 0 Å². The first-order chi connectivity index (χ1) is 9.11. The number of nitrogens with zero attached hydrogens (tertiary/aromatic N) is 4. The summed E-state index contributed by atoms with van der Waals surface area (Å²) in [6.45, 7) is 9.64. The number of nitrogens with one attached hydrogen (secondary N) is 1. The molecule has 0 aromatic carbocycles. The van der Waals surface area contributed by atoms with E-state index in [1.165, 1.54) is 0 Å². The van der Waals surface area contributed by atoms with Gasteiger partial charge in [0.05, 0.1) is 5.69 Å². The van der Waals surface area contributed by atoms with Gasteiger partial charge in [-0.15, -0.1) is 5.10 Å². The van der Waals surface area contributed by atoms with Crippen LogP contribution in [0.5, 0.6) is 0 Å². The Morgan fingerprint density at radius 1 is 1.26 bits per heavy atom. The monoisotopic (exact) mass is 263 g/mol. The van der Waals surface area contributed by atoms with Crippen LogP contribution in [0.1, 0.15) is 18.2 Å². The van der Waals surface area contributed by atoms with Crippen molar-refractivity contribution >= 4 is 11.8 Å². The molecule has 6 heteroatoms. The van der Waals surface area contributed by atoms with E-state index in [4.69, 9.17) is 0 Å². The summed E-state index contributed by atoms with van der Waals surface area (Å²) in [5.41, 5.74) is 2.11. The third-order valence-electron chi connectivity index (χ3n) is 3.44. The Labute approximate surface area is 113 Å². The summed E-state index contributed by atoms with van der Waals surface area (Å²) < 4.78 is 0. The van der Waals surface area contributed by atoms with E-state index in [1.807, 2.05) is 25.7 Å². The number of rotatable bonds is 2. The van der Waals surface area contributed by atoms with Crippen molar-refractivity contribution in [2.45, 2.75) is 20.8 Å². The molecule has 6 nitrogen and oxygen atoms in total. The zero-order valence-corrected chi connectivity index (χ0v) is 11.8. The average Bonchev–Trinajstić information content (AvgIpc) is 2.42. The van der Waals surface area contributed by atoms with E-state index in [0.29, 0.717) is 6.54 Å². The van der Waals surface area contributed by atoms with Crippen LogP contribution in [0.4, 0.5) is 10.6 Å². The Hall–Kier alpha value is -1.85. The standard InChI is InChI=1S/C13H21N5O/c1-4-14-13(19)18-7-5-17(6-8-18)12-9-10(2)11(3)15-16-12/h9H,4-8H2,1-3H3,(H,14,19). The fourth-order valence-corrected chi connectivity index (χ4v) is 2.09. The number of urea groups is 1. The zero-order valence-electron chi connectivity index (χ0n) is 11.8. The van der Waals surface area contributed by atoms with Gasteiger partial charge in [-0.25, -0.2) is 4.79 Å². The Morgan fingerprint density at radius 3 is 2.53 bits per heavy atom. The molecular weight excluding hydrogens is 242 g/mol. The predicted molar refractivity (Wildman–Crippen MR) is 74.4 cm³/mol. The Balaban J connectivity index is 1.96. The van der Waals surface area contributed by atoms with E-state index in [9.17, 15) is 4.79 Å². The van der Waals surface area contributed by atoms with Gasteiger partial charge >= 0.3 is 6.03 Å². The second kappa shape index (κ2) is 5.86. The van der Waals surface area contributed by atoms with Crippen LogP contribution >= 0.6 is 0 Å². The lowest BCUT2D eigenvalue weighted by Gasteiger charge is -2.35. The van der Waals surface area contributed by atoms with Crippen LogP contribution in [0.15, 0.2) is 6.07 Å². The zero-order chi connectivity index (χ0) is 13.8. The molecule has 2 amide bonds. The van der Waals surface area contributed by atoms with E-state index < -0.39 is 0 Å². The van der Waals surface area contributed by atoms with Crippen LogP contribution in [0.25, 0.3) is 0 Å². The van der Waals surface area contributed by atoms with Gasteiger partial charge in [0.15, 0.2) is 5.82 Å². The molecule has 1 aromatic rings. The number of amides is 2. The minimum absolute atomic E-state index is 0.0216. The Morgan fingerprint density at radius 2 is 1.95 bits per heavy atom. The molecule has 104 valence electrons. The molecule has 19 heavy (non-hydrogen) atoms. The van der Waals surface area contributed by atoms with Crippen molar-refractivity contribution in [3.8, 4) is 0 Å². The number of hydrogen-bond donors (Lipinski definition) is 1. The van der Waals surface area contributed by atoms with Gasteiger partial charge in [0, 0.05) is 32.7 Å². The summed E-state index contributed by atoms with van der Waals surface area (Å²) in [5, 5.41) is 11.2. The summed E-state index contributed by atoms with van der Waals surface area (Å²) in [4.78, 5) is 15.7. The molecule has 1 saturated heterocycles. The second-order valence-corrected chi connectivity index (χ2v) is 4.78. The molecular formula is C13H21N5O. The molecule has 1 aliphatic rings. The van der Waals surface area contributed by atoms with E-state index in [1.54, 1.807) is 0 Å². The maximum absolute atomic E-state index is 11.7. The maximum atomic E-state index is 11.7. The smallest absolute Gasteiger partial charge is 0.317 e. The van der Waals surface area contributed by atoms with Crippen molar-refractivity contribution in [3.63, 3.8) is 0 Å². The van der Waals surface area contributed by atoms with Crippen molar-refractivity contribution in [1.29, 1.82) is 0 Å². The van der Waals surface area contributed by atoms with Crippen molar-refractivity contribution < 1.29 is 4.79 Å². The number of carbonyl (C=O) groups excluding carboxylic acids is 1. The van der Waals surface area contributed by atoms with E-state index in [-0.39, 0.29) is 6.03 Å². The molecule has 2 heterocycles. The fraction of sp³-hybridized carbons (Fsp3) is 0.615. The Bertz CT molecular complexity index is 454. The average molecular weight is 263 g/mol. The highest BCUT2D eigenvalue weighted by molar-refractivity contribution is 5.74. The molecule has 0 atom stereocenters. The molecule has 0 spiro atoms. The molecule has 0 aliphatic carbocycles. The van der Waals surface area contributed by atoms with Gasteiger partial charge in [0.2, 0.25) is 0 Å². The molecule has 1 fully saturated rings. The van der Waals surface area contributed by atoms with Crippen molar-refractivity contribution in [2.75, 3.05) is 37.6 Å². The molecule has 1 aliphatic heterocycles. The number of aryl methyl sites for hydroxylation is 2. The fourth-order valence-electron chi connectivity index (χ4n) is 2.09. The highest BCUT2D eigenvalue weighted by Crippen LogP contribution is 2.15. The number of piperazine rings is 1. The first-order valence-electron chi connectivity index (χ1n) is 6.70. The van der Waals surface area contributed by atoms with Crippen LogP contribution in [0, 0.1) is 13.8 Å². The van der Waals surface area contributed by atoms with E-state index >= 15 is 0 Å². The predicted octanol–water partition coefficient (Wildman–Crippen LogP) is 0.945. The van der Waals surface area contributed by atoms with Gasteiger partial charge in [-0.1, -0.05) is 0 Å². The lowest BCUT2D eigenvalue weighted by atomic mass is 10.2. The van der Waals surface area contributed by atoms with Crippen molar-refractivity contribution in [3.05, 3.63) is 17.3 Å². The first-order valence-corrected chi connectivity index (χ1v) is 6.70. The molecule has 0 radical (unpaired) electrons. The van der Waals surface area contributed by atoms with E-state index in [2.05, 4.69) is 26.5 Å². The third-order valence-corrected chi connectivity index (χ3v) is 3.44. The maximum Gasteiger partial charge on any atom is 0.317 e. The van der Waals surface area contributed by atoms with E-state index in [0.717, 1.165) is 43.3 Å². The number of hydrogen-bond acceptors (Lipinski definition) is 4. The van der Waals surface area contributed by atoms with Crippen LogP contribution in [-0.2, 0) is 0 Å². The lowest BCUT2D eigenvalue weighted by molar-refractivity contribution is 0.195. The third kappa shape index (κ3) is 3.13. The van der Waals surface area contributed by atoms with Crippen molar-refractivity contribution in [2.24, 2.45) is 0 Å². The topological polar surface area (TPSA) is 61.4 Å². The van der Waals surface area contributed by atoms with Crippen LogP contribution in [-0.4, -0.2) is 53.9 Å². The second-order valence-electron chi connectivity index (χ2n) is 4.78. The summed E-state index contributed by atoms with van der Waals surface area (Å²) in [6, 6.07) is 2.08. The molecule has 1 aromatic heterocycles. The van der Waals surface area contributed by atoms with Gasteiger partial charge in [0.1, 0.15) is 0 Å². The summed E-state index contributed by atoms with van der Waals surface area (Å²) in [6.07, 6.45) is 0. The van der Waals surface area contributed by atoms with Gasteiger partial charge in [-0.3, -0.25) is 0 Å². The van der Waals surface area contributed by atoms with Crippen molar-refractivity contribution in [1.82, 2.24) is 20.4 Å². The molecule has 1 N–H and O–H groups in total. The lowest BCUT2D eigenvalue weighted by Crippen LogP contribution is -2.52. The number of anilines is 1. The Kier molecular flexibility index (Phi) is 4.19. The van der Waals surface area contributed by atoms with Gasteiger partial charge < -0.3 is 15.1 Å². The molecule has 0 unspecified atom stereocenters. The summed E-state index contributed by atoms with van der Waals surface area (Å²) in [7, 11) is 0. The van der Waals surface area contributed by atoms with Gasteiger partial charge in [-0.2, -0.15) is 5.10 Å². The molecule has 2 rings (SSSR count). The summed E-state index contributed by atoms with van der Waals surface area (Å²) in [5.74, 6) is 0.902. The highest BCUT2D eigenvalue weighted by atomic mass is 16.2. The highest BCUT2D eigenvalue weighted by Gasteiger charge is 2.21. The quantitative estimate of drug-likeness (QED) is 0.863. The minimum Gasteiger partial charge on any atom is -0.352 e. The minimum atomic E-state index is 0.0216. The van der Waals surface area contributed by atoms with Gasteiger partial charge in [-0.05, 0) is 32.4 Å². The molecule has 0 saturated carbocycles. The SMILES string of the molecule is CCNC(=O)N1CCN(c2cc(C)c(C)nn2)CC1. The number of aromatic nitrogens is 2. The molecule has 0 bridgehead atoms. The summed E-state index contributed by atoms with van der Waals surface area (Å²) >= 11 is 0. The van der Waals surface area contributed by atoms with Crippen LogP contribution in [0.3, 0.4) is 0 Å². The largest absolute Gasteiger partial charge is 0.352 e. The van der Waals surface area contributed by atoms with Crippen LogP contribution < -0.4 is 10.2 Å².